The van der Waals surface area contributed by atoms with E-state index in [1.54, 1.807) is 0 Å². The van der Waals surface area contributed by atoms with Gasteiger partial charge in [-0.15, -0.1) is 0 Å². The number of rotatable bonds is 3. The van der Waals surface area contributed by atoms with Crippen LogP contribution in [0.5, 0.6) is 0 Å². The minimum atomic E-state index is -0.00181. The first-order valence-electron chi connectivity index (χ1n) is 8.50. The first-order chi connectivity index (χ1) is 11.7. The molecule has 0 bridgehead atoms. The van der Waals surface area contributed by atoms with E-state index in [9.17, 15) is 4.79 Å². The van der Waals surface area contributed by atoms with E-state index in [0.29, 0.717) is 0 Å². The summed E-state index contributed by atoms with van der Waals surface area (Å²) >= 11 is 0. The van der Waals surface area contributed by atoms with E-state index in [-0.39, 0.29) is 17.6 Å². The number of carbonyl (C=O) groups is 1. The summed E-state index contributed by atoms with van der Waals surface area (Å²) in [6, 6.07) is 25.2. The standard InChI is InChI=1S/C23H20O/c1-15(2)23(24)21-14-8-7-13-20(21)22-18-11-5-3-9-16(18)17-10-4-6-12-19(17)22/h3-15,22H,1-2H3. The van der Waals surface area contributed by atoms with Gasteiger partial charge in [-0.3, -0.25) is 4.79 Å². The lowest BCUT2D eigenvalue weighted by atomic mass is 9.84. The fourth-order valence-electron chi connectivity index (χ4n) is 3.77. The Bertz CT molecular complexity index is 875. The Hall–Kier alpha value is -2.67. The van der Waals surface area contributed by atoms with Crippen molar-refractivity contribution >= 4 is 5.78 Å². The Morgan fingerprint density at radius 2 is 1.17 bits per heavy atom. The fourth-order valence-corrected chi connectivity index (χ4v) is 3.77. The largest absolute Gasteiger partial charge is 0.294 e. The van der Waals surface area contributed by atoms with Gasteiger partial charge in [0.25, 0.3) is 0 Å². The Morgan fingerprint density at radius 1 is 0.708 bits per heavy atom. The van der Waals surface area contributed by atoms with Crippen LogP contribution in [0.15, 0.2) is 72.8 Å². The molecule has 0 saturated heterocycles. The van der Waals surface area contributed by atoms with Crippen LogP contribution >= 0.6 is 0 Å². The lowest BCUT2D eigenvalue weighted by Gasteiger charge is -2.19. The van der Waals surface area contributed by atoms with Crippen LogP contribution in [0, 0.1) is 5.92 Å². The minimum absolute atomic E-state index is 0.00181. The van der Waals surface area contributed by atoms with Crippen LogP contribution in [0.3, 0.4) is 0 Å². The van der Waals surface area contributed by atoms with Gasteiger partial charge in [-0.25, -0.2) is 0 Å². The molecule has 4 rings (SSSR count). The molecular weight excluding hydrogens is 292 g/mol. The highest BCUT2D eigenvalue weighted by Gasteiger charge is 2.31. The lowest BCUT2D eigenvalue weighted by molar-refractivity contribution is 0.0938. The number of carbonyl (C=O) groups excluding carboxylic acids is 1. The normalized spacial score (nSPS) is 13.0. The molecule has 1 aliphatic carbocycles. The van der Waals surface area contributed by atoms with Gasteiger partial charge < -0.3 is 0 Å². The third kappa shape index (κ3) is 2.20. The SMILES string of the molecule is CC(C)C(=O)c1ccccc1C1c2ccccc2-c2ccccc21. The van der Waals surface area contributed by atoms with E-state index in [0.717, 1.165) is 11.1 Å². The van der Waals surface area contributed by atoms with Crippen molar-refractivity contribution in [3.8, 4) is 11.1 Å². The average Bonchev–Trinajstić information content (AvgIpc) is 2.95. The number of benzene rings is 3. The van der Waals surface area contributed by atoms with E-state index < -0.39 is 0 Å². The van der Waals surface area contributed by atoms with Gasteiger partial charge in [0.2, 0.25) is 0 Å². The van der Waals surface area contributed by atoms with Crippen LogP contribution in [0.25, 0.3) is 11.1 Å². The molecule has 0 radical (unpaired) electrons. The van der Waals surface area contributed by atoms with Gasteiger partial charge in [-0.2, -0.15) is 0 Å². The highest BCUT2D eigenvalue weighted by atomic mass is 16.1. The van der Waals surface area contributed by atoms with Crippen molar-refractivity contribution in [3.05, 3.63) is 95.1 Å². The van der Waals surface area contributed by atoms with E-state index in [1.165, 1.54) is 22.3 Å². The molecule has 0 unspecified atom stereocenters. The third-order valence-corrected chi connectivity index (χ3v) is 4.90. The maximum atomic E-state index is 12.7. The van der Waals surface area contributed by atoms with Gasteiger partial charge >= 0.3 is 0 Å². The number of ketones is 1. The maximum absolute atomic E-state index is 12.7. The molecule has 0 N–H and O–H groups in total. The molecule has 3 aromatic rings. The molecule has 1 aliphatic rings. The maximum Gasteiger partial charge on any atom is 0.165 e. The molecule has 0 heterocycles. The molecule has 0 aromatic heterocycles. The monoisotopic (exact) mass is 312 g/mol. The number of fused-ring (bicyclic) bond motifs is 3. The first-order valence-corrected chi connectivity index (χ1v) is 8.50. The Balaban J connectivity index is 1.97. The summed E-state index contributed by atoms with van der Waals surface area (Å²) in [4.78, 5) is 12.7. The molecule has 0 saturated carbocycles. The second-order valence-electron chi connectivity index (χ2n) is 6.71. The molecule has 3 aromatic carbocycles. The van der Waals surface area contributed by atoms with E-state index in [1.807, 2.05) is 32.0 Å². The number of hydrogen-bond acceptors (Lipinski definition) is 1. The second-order valence-corrected chi connectivity index (χ2v) is 6.71. The van der Waals surface area contributed by atoms with Gasteiger partial charge in [0.15, 0.2) is 5.78 Å². The quantitative estimate of drug-likeness (QED) is 0.444. The molecule has 0 aliphatic heterocycles. The van der Waals surface area contributed by atoms with E-state index in [2.05, 4.69) is 54.6 Å². The number of Topliss-reactive ketones (excluding diaryl/α,β-unsaturated/α-hetero) is 1. The molecule has 24 heavy (non-hydrogen) atoms. The smallest absolute Gasteiger partial charge is 0.165 e. The van der Waals surface area contributed by atoms with E-state index >= 15 is 0 Å². The highest BCUT2D eigenvalue weighted by Crippen LogP contribution is 2.48. The van der Waals surface area contributed by atoms with Crippen molar-refractivity contribution in [3.63, 3.8) is 0 Å². The molecule has 0 atom stereocenters. The van der Waals surface area contributed by atoms with Gasteiger partial charge in [0.05, 0.1) is 0 Å². The molecule has 118 valence electrons. The Labute approximate surface area is 143 Å². The number of hydrogen-bond donors (Lipinski definition) is 0. The summed E-state index contributed by atoms with van der Waals surface area (Å²) < 4.78 is 0. The van der Waals surface area contributed by atoms with Gasteiger partial charge in [-0.1, -0.05) is 86.6 Å². The van der Waals surface area contributed by atoms with Crippen molar-refractivity contribution in [1.29, 1.82) is 0 Å². The average molecular weight is 312 g/mol. The van der Waals surface area contributed by atoms with Crippen molar-refractivity contribution in [2.24, 2.45) is 5.92 Å². The second kappa shape index (κ2) is 5.76. The molecule has 0 amide bonds. The van der Waals surface area contributed by atoms with Gasteiger partial charge in [0.1, 0.15) is 0 Å². The fraction of sp³-hybridized carbons (Fsp3) is 0.174. The van der Waals surface area contributed by atoms with Crippen molar-refractivity contribution in [1.82, 2.24) is 0 Å². The minimum Gasteiger partial charge on any atom is -0.294 e. The molecule has 0 fully saturated rings. The van der Waals surface area contributed by atoms with Crippen LogP contribution in [0.2, 0.25) is 0 Å². The predicted octanol–water partition coefficient (Wildman–Crippen LogP) is 5.69. The molecule has 1 nitrogen and oxygen atoms in total. The van der Waals surface area contributed by atoms with Gasteiger partial charge in [-0.05, 0) is 27.8 Å². The summed E-state index contributed by atoms with van der Waals surface area (Å²) in [7, 11) is 0. The summed E-state index contributed by atoms with van der Waals surface area (Å²) in [6.45, 7) is 3.94. The summed E-state index contributed by atoms with van der Waals surface area (Å²) in [5.74, 6) is 0.349. The lowest BCUT2D eigenvalue weighted by Crippen LogP contribution is -2.13. The molecular formula is C23H20O. The molecule has 1 heteroatoms. The van der Waals surface area contributed by atoms with Crippen LogP contribution in [-0.2, 0) is 0 Å². The zero-order valence-corrected chi connectivity index (χ0v) is 14.0. The van der Waals surface area contributed by atoms with Crippen LogP contribution in [-0.4, -0.2) is 5.78 Å². The highest BCUT2D eigenvalue weighted by molar-refractivity contribution is 5.99. The zero-order chi connectivity index (χ0) is 16.7. The van der Waals surface area contributed by atoms with Crippen LogP contribution < -0.4 is 0 Å². The van der Waals surface area contributed by atoms with E-state index in [4.69, 9.17) is 0 Å². The predicted molar refractivity (Wildman–Crippen MR) is 98.4 cm³/mol. The van der Waals surface area contributed by atoms with Crippen LogP contribution in [0.1, 0.15) is 46.8 Å². The van der Waals surface area contributed by atoms with Crippen molar-refractivity contribution in [2.45, 2.75) is 19.8 Å². The third-order valence-electron chi connectivity index (χ3n) is 4.90. The topological polar surface area (TPSA) is 17.1 Å². The Kier molecular flexibility index (Phi) is 3.57. The van der Waals surface area contributed by atoms with Crippen molar-refractivity contribution < 1.29 is 4.79 Å². The first kappa shape index (κ1) is 14.9. The summed E-state index contributed by atoms with van der Waals surface area (Å²) in [5.41, 5.74) is 7.12. The Morgan fingerprint density at radius 3 is 1.71 bits per heavy atom. The van der Waals surface area contributed by atoms with Gasteiger partial charge in [0, 0.05) is 17.4 Å². The summed E-state index contributed by atoms with van der Waals surface area (Å²) in [5, 5.41) is 0. The zero-order valence-electron chi connectivity index (χ0n) is 14.0. The summed E-state index contributed by atoms with van der Waals surface area (Å²) in [6.07, 6.45) is 0. The molecule has 0 spiro atoms. The van der Waals surface area contributed by atoms with Crippen molar-refractivity contribution in [2.75, 3.05) is 0 Å². The van der Waals surface area contributed by atoms with Crippen LogP contribution in [0.4, 0.5) is 0 Å².